The average Bonchev–Trinajstić information content (AvgIpc) is 3.38. The number of carbonyl (C=O) groups is 2. The first-order valence-electron chi connectivity index (χ1n) is 13.2. The maximum Gasteiger partial charge on any atom is 0.223 e. The molecule has 194 valence electrons. The number of carbonyl (C=O) groups excluding carboxylic acids is 2. The van der Waals surface area contributed by atoms with Crippen molar-refractivity contribution in [2.24, 2.45) is 5.92 Å². The molecule has 5 nitrogen and oxygen atoms in total. The summed E-state index contributed by atoms with van der Waals surface area (Å²) in [5.41, 5.74) is 2.00. The van der Waals surface area contributed by atoms with Crippen LogP contribution in [-0.4, -0.2) is 47.8 Å². The third-order valence-corrected chi connectivity index (χ3v) is 7.54. The van der Waals surface area contributed by atoms with Crippen LogP contribution in [0.4, 0.5) is 14.5 Å². The molecule has 2 amide bonds. The number of hydrogen-bond acceptors (Lipinski definition) is 3. The van der Waals surface area contributed by atoms with Crippen LogP contribution in [0.2, 0.25) is 0 Å². The predicted octanol–water partition coefficient (Wildman–Crippen LogP) is 5.52. The van der Waals surface area contributed by atoms with Crippen molar-refractivity contribution in [1.29, 1.82) is 0 Å². The van der Waals surface area contributed by atoms with Gasteiger partial charge in [-0.25, -0.2) is 8.78 Å². The topological polar surface area (TPSA) is 43.9 Å². The smallest absolute Gasteiger partial charge is 0.223 e. The summed E-state index contributed by atoms with van der Waals surface area (Å²) in [6, 6.07) is 12.4. The summed E-state index contributed by atoms with van der Waals surface area (Å²) < 4.78 is 28.6. The van der Waals surface area contributed by atoms with Crippen molar-refractivity contribution in [2.45, 2.75) is 65.0 Å². The van der Waals surface area contributed by atoms with Crippen molar-refractivity contribution in [3.8, 4) is 0 Å². The van der Waals surface area contributed by atoms with Crippen LogP contribution >= 0.6 is 0 Å². The Morgan fingerprint density at radius 1 is 0.917 bits per heavy atom. The van der Waals surface area contributed by atoms with E-state index < -0.39 is 11.6 Å². The highest BCUT2D eigenvalue weighted by Crippen LogP contribution is 2.30. The highest BCUT2D eigenvalue weighted by Gasteiger charge is 2.25. The van der Waals surface area contributed by atoms with Crippen LogP contribution in [-0.2, 0) is 22.7 Å². The second-order valence-electron chi connectivity index (χ2n) is 10.2. The number of amides is 2. The zero-order valence-electron chi connectivity index (χ0n) is 21.2. The number of halogens is 2. The first kappa shape index (κ1) is 26.3. The van der Waals surface area contributed by atoms with Crippen LogP contribution in [0.15, 0.2) is 42.5 Å². The predicted molar refractivity (Wildman–Crippen MR) is 137 cm³/mol. The Morgan fingerprint density at radius 3 is 2.36 bits per heavy atom. The molecule has 0 aromatic heterocycles. The summed E-state index contributed by atoms with van der Waals surface area (Å²) in [4.78, 5) is 31.5. The molecule has 0 N–H and O–H groups in total. The van der Waals surface area contributed by atoms with Gasteiger partial charge in [-0.2, -0.15) is 0 Å². The van der Waals surface area contributed by atoms with E-state index in [0.29, 0.717) is 49.6 Å². The fraction of sp³-hybridized carbons (Fsp3) is 0.517. The molecular formula is C29H37F2N3O2. The van der Waals surface area contributed by atoms with Gasteiger partial charge in [0.05, 0.1) is 5.69 Å². The molecule has 1 fully saturated rings. The van der Waals surface area contributed by atoms with Crippen molar-refractivity contribution in [1.82, 2.24) is 9.80 Å². The number of anilines is 1. The Kier molecular flexibility index (Phi) is 9.08. The van der Waals surface area contributed by atoms with Crippen LogP contribution in [0.1, 0.15) is 63.0 Å². The molecule has 0 unspecified atom stereocenters. The summed E-state index contributed by atoms with van der Waals surface area (Å²) in [6.07, 6.45) is 6.83. The SMILES string of the molecule is CC(=O)N1CCCN(Cc2ccccc2)CCN(C(=O)CCC2CCCC2)Cc2cc(F)c(F)cc21. The molecule has 0 saturated heterocycles. The number of rotatable bonds is 5. The van der Waals surface area contributed by atoms with Crippen LogP contribution in [0.5, 0.6) is 0 Å². The third-order valence-electron chi connectivity index (χ3n) is 7.54. The van der Waals surface area contributed by atoms with Gasteiger partial charge >= 0.3 is 0 Å². The standard InChI is InChI=1S/C29H37F2N3O2/c1-22(35)34-15-7-14-32(20-24-10-3-2-4-11-24)16-17-33(29(36)13-12-23-8-5-6-9-23)21-25-18-26(30)27(31)19-28(25)34/h2-4,10-11,18-19,23H,5-9,12-17,20-21H2,1H3. The van der Waals surface area contributed by atoms with Gasteiger partial charge in [0.2, 0.25) is 11.8 Å². The van der Waals surface area contributed by atoms with E-state index in [4.69, 9.17) is 0 Å². The normalized spacial score (nSPS) is 18.1. The summed E-state index contributed by atoms with van der Waals surface area (Å²) in [7, 11) is 0. The molecule has 1 saturated carbocycles. The van der Waals surface area contributed by atoms with E-state index in [1.165, 1.54) is 43.1 Å². The molecule has 2 aromatic rings. The van der Waals surface area contributed by atoms with Crippen LogP contribution < -0.4 is 4.90 Å². The summed E-state index contributed by atoms with van der Waals surface area (Å²) >= 11 is 0. The van der Waals surface area contributed by atoms with E-state index in [-0.39, 0.29) is 18.4 Å². The molecule has 1 heterocycles. The number of nitrogens with zero attached hydrogens (tertiary/aromatic N) is 3. The van der Waals surface area contributed by atoms with Crippen molar-refractivity contribution in [3.63, 3.8) is 0 Å². The van der Waals surface area contributed by atoms with E-state index in [9.17, 15) is 18.4 Å². The minimum atomic E-state index is -0.986. The zero-order chi connectivity index (χ0) is 25.5. The Balaban J connectivity index is 1.60. The number of fused-ring (bicyclic) bond motifs is 1. The van der Waals surface area contributed by atoms with Crippen molar-refractivity contribution in [2.75, 3.05) is 31.1 Å². The highest BCUT2D eigenvalue weighted by atomic mass is 19.2. The Hall–Kier alpha value is -2.80. The zero-order valence-corrected chi connectivity index (χ0v) is 21.2. The summed E-state index contributed by atoms with van der Waals surface area (Å²) in [6.45, 7) is 4.62. The first-order chi connectivity index (χ1) is 17.4. The average molecular weight is 498 g/mol. The van der Waals surface area contributed by atoms with Gasteiger partial charge in [0.1, 0.15) is 0 Å². The summed E-state index contributed by atoms with van der Waals surface area (Å²) in [5.74, 6) is -1.54. The molecule has 0 spiro atoms. The third kappa shape index (κ3) is 6.90. The van der Waals surface area contributed by atoms with Gasteiger partial charge in [0.25, 0.3) is 0 Å². The molecule has 2 aromatic carbocycles. The number of hydrogen-bond donors (Lipinski definition) is 0. The Morgan fingerprint density at radius 2 is 1.64 bits per heavy atom. The van der Waals surface area contributed by atoms with Crippen molar-refractivity contribution < 1.29 is 18.4 Å². The molecule has 1 aliphatic carbocycles. The van der Waals surface area contributed by atoms with Gasteiger partial charge in [-0.3, -0.25) is 14.5 Å². The van der Waals surface area contributed by atoms with Gasteiger partial charge in [-0.1, -0.05) is 56.0 Å². The largest absolute Gasteiger partial charge is 0.337 e. The van der Waals surface area contributed by atoms with Crippen molar-refractivity contribution >= 4 is 17.5 Å². The Bertz CT molecular complexity index is 1040. The molecule has 4 rings (SSSR count). The molecule has 0 radical (unpaired) electrons. The lowest BCUT2D eigenvalue weighted by Crippen LogP contribution is -2.38. The lowest BCUT2D eigenvalue weighted by Gasteiger charge is -2.28. The van der Waals surface area contributed by atoms with Crippen LogP contribution in [0.3, 0.4) is 0 Å². The Labute approximate surface area is 213 Å². The summed E-state index contributed by atoms with van der Waals surface area (Å²) in [5, 5.41) is 0. The van der Waals surface area contributed by atoms with Crippen molar-refractivity contribution in [3.05, 3.63) is 65.2 Å². The lowest BCUT2D eigenvalue weighted by atomic mass is 10.0. The highest BCUT2D eigenvalue weighted by molar-refractivity contribution is 5.92. The van der Waals surface area contributed by atoms with E-state index in [1.54, 1.807) is 4.90 Å². The van der Waals surface area contributed by atoms with E-state index in [0.717, 1.165) is 31.6 Å². The second-order valence-corrected chi connectivity index (χ2v) is 10.2. The fourth-order valence-corrected chi connectivity index (χ4v) is 5.51. The molecule has 0 atom stereocenters. The van der Waals surface area contributed by atoms with E-state index >= 15 is 0 Å². The fourth-order valence-electron chi connectivity index (χ4n) is 5.51. The molecule has 7 heteroatoms. The monoisotopic (exact) mass is 497 g/mol. The second kappa shape index (κ2) is 12.4. The van der Waals surface area contributed by atoms with Gasteiger partial charge in [0.15, 0.2) is 11.6 Å². The van der Waals surface area contributed by atoms with Gasteiger partial charge in [-0.05, 0) is 36.0 Å². The first-order valence-corrected chi connectivity index (χ1v) is 13.2. The minimum absolute atomic E-state index is 0.0332. The number of benzene rings is 2. The quantitative estimate of drug-likeness (QED) is 0.546. The minimum Gasteiger partial charge on any atom is -0.337 e. The van der Waals surface area contributed by atoms with E-state index in [2.05, 4.69) is 17.0 Å². The van der Waals surface area contributed by atoms with Gasteiger partial charge in [-0.15, -0.1) is 0 Å². The lowest BCUT2D eigenvalue weighted by molar-refractivity contribution is -0.132. The molecular weight excluding hydrogens is 460 g/mol. The molecule has 36 heavy (non-hydrogen) atoms. The van der Waals surface area contributed by atoms with Crippen LogP contribution in [0.25, 0.3) is 0 Å². The molecule has 1 aliphatic heterocycles. The van der Waals surface area contributed by atoms with Crippen LogP contribution in [0, 0.1) is 17.6 Å². The maximum atomic E-state index is 14.3. The van der Waals surface area contributed by atoms with E-state index in [1.807, 2.05) is 18.2 Å². The maximum absolute atomic E-state index is 14.3. The van der Waals surface area contributed by atoms with Gasteiger partial charge in [0, 0.05) is 58.7 Å². The van der Waals surface area contributed by atoms with Gasteiger partial charge < -0.3 is 9.80 Å². The molecule has 0 bridgehead atoms. The molecule has 2 aliphatic rings.